The lowest BCUT2D eigenvalue weighted by molar-refractivity contribution is -0.183. The average molecular weight is 286 g/mol. The first kappa shape index (κ1) is 14.4. The molecular weight excluding hydrogens is 273 g/mol. The maximum absolute atomic E-state index is 12.8. The molecule has 1 aromatic carbocycles. The van der Waals surface area contributed by atoms with Gasteiger partial charge in [0.25, 0.3) is 0 Å². The van der Waals surface area contributed by atoms with Crippen LogP contribution in [0.4, 0.5) is 13.2 Å². The van der Waals surface area contributed by atoms with E-state index in [0.717, 1.165) is 12.4 Å². The fraction of sp³-hybridized carbons (Fsp3) is 0.385. The van der Waals surface area contributed by atoms with E-state index in [0.29, 0.717) is 5.39 Å². The van der Waals surface area contributed by atoms with Crippen molar-refractivity contribution in [2.24, 2.45) is 13.0 Å². The van der Waals surface area contributed by atoms with Crippen LogP contribution in [-0.4, -0.2) is 27.0 Å². The molecule has 0 amide bonds. The van der Waals surface area contributed by atoms with Gasteiger partial charge in [-0.3, -0.25) is 9.48 Å². The molecule has 0 aliphatic heterocycles. The van der Waals surface area contributed by atoms with E-state index in [1.165, 1.54) is 18.3 Å². The molecule has 1 N–H and O–H groups in total. The van der Waals surface area contributed by atoms with Crippen molar-refractivity contribution >= 4 is 16.9 Å². The van der Waals surface area contributed by atoms with Crippen LogP contribution in [0, 0.1) is 5.92 Å². The quantitative estimate of drug-likeness (QED) is 0.943. The molecule has 0 fully saturated rings. The number of fused-ring (bicyclic) bond motifs is 1. The number of carboxylic acids is 1. The fourth-order valence-corrected chi connectivity index (χ4v) is 2.21. The Balaban J connectivity index is 2.49. The van der Waals surface area contributed by atoms with E-state index in [2.05, 4.69) is 5.10 Å². The van der Waals surface area contributed by atoms with Gasteiger partial charge in [-0.2, -0.15) is 18.3 Å². The summed E-state index contributed by atoms with van der Waals surface area (Å²) < 4.78 is 39.9. The number of carboxylic acid groups (broad SMARTS) is 1. The van der Waals surface area contributed by atoms with E-state index in [-0.39, 0.29) is 5.56 Å². The summed E-state index contributed by atoms with van der Waals surface area (Å²) in [5, 5.41) is 13.7. The average Bonchev–Trinajstić information content (AvgIpc) is 2.69. The smallest absolute Gasteiger partial charge is 0.392 e. The summed E-state index contributed by atoms with van der Waals surface area (Å²) in [6.45, 7) is 0.881. The second kappa shape index (κ2) is 4.81. The van der Waals surface area contributed by atoms with Crippen molar-refractivity contribution in [1.29, 1.82) is 0 Å². The van der Waals surface area contributed by atoms with Crippen LogP contribution in [0.2, 0.25) is 0 Å². The molecule has 0 saturated heterocycles. The number of aryl methyl sites for hydroxylation is 1. The van der Waals surface area contributed by atoms with Gasteiger partial charge in [0.05, 0.1) is 23.5 Å². The number of carbonyl (C=O) groups is 1. The minimum Gasteiger partial charge on any atom is -0.481 e. The fourth-order valence-electron chi connectivity index (χ4n) is 2.21. The molecule has 0 bridgehead atoms. The first-order valence-corrected chi connectivity index (χ1v) is 5.93. The number of alkyl halides is 3. The van der Waals surface area contributed by atoms with E-state index >= 15 is 0 Å². The number of halogens is 3. The highest BCUT2D eigenvalue weighted by atomic mass is 19.4. The van der Waals surface area contributed by atoms with Crippen LogP contribution in [0.25, 0.3) is 10.9 Å². The SMILES string of the molecule is C[C@H]([C@@H](C(=O)O)c1ccc2c(cnn2C)c1)C(F)(F)F. The zero-order chi connectivity index (χ0) is 15.1. The Hall–Kier alpha value is -2.05. The topological polar surface area (TPSA) is 55.1 Å². The molecule has 0 aliphatic rings. The van der Waals surface area contributed by atoms with E-state index in [9.17, 15) is 18.0 Å². The lowest BCUT2D eigenvalue weighted by Gasteiger charge is -2.23. The van der Waals surface area contributed by atoms with E-state index < -0.39 is 24.0 Å². The number of hydrogen-bond donors (Lipinski definition) is 1. The van der Waals surface area contributed by atoms with Crippen molar-refractivity contribution in [2.75, 3.05) is 0 Å². The largest absolute Gasteiger partial charge is 0.481 e. The lowest BCUT2D eigenvalue weighted by Crippen LogP contribution is -2.31. The maximum atomic E-state index is 12.8. The predicted octanol–water partition coefficient (Wildman–Crippen LogP) is 2.94. The van der Waals surface area contributed by atoms with Gasteiger partial charge in [0, 0.05) is 12.4 Å². The van der Waals surface area contributed by atoms with Crippen LogP contribution >= 0.6 is 0 Å². The van der Waals surface area contributed by atoms with Crippen LogP contribution in [0.5, 0.6) is 0 Å². The van der Waals surface area contributed by atoms with Crippen LogP contribution in [0.3, 0.4) is 0 Å². The number of aromatic nitrogens is 2. The Morgan fingerprint density at radius 3 is 2.60 bits per heavy atom. The molecule has 0 spiro atoms. The molecule has 0 saturated carbocycles. The molecule has 2 atom stereocenters. The first-order chi connectivity index (χ1) is 9.21. The number of nitrogens with zero attached hydrogens (tertiary/aromatic N) is 2. The molecule has 0 aliphatic carbocycles. The molecule has 1 heterocycles. The number of hydrogen-bond acceptors (Lipinski definition) is 2. The predicted molar refractivity (Wildman–Crippen MR) is 66.3 cm³/mol. The summed E-state index contributed by atoms with van der Waals surface area (Å²) in [4.78, 5) is 11.2. The molecule has 108 valence electrons. The van der Waals surface area contributed by atoms with Gasteiger partial charge < -0.3 is 5.11 Å². The molecule has 4 nitrogen and oxygen atoms in total. The Morgan fingerprint density at radius 1 is 1.40 bits per heavy atom. The summed E-state index contributed by atoms with van der Waals surface area (Å²) in [5.74, 6) is -5.08. The molecule has 0 radical (unpaired) electrons. The van der Waals surface area contributed by atoms with Gasteiger partial charge in [0.1, 0.15) is 0 Å². The molecule has 0 unspecified atom stereocenters. The normalized spacial score (nSPS) is 15.2. The van der Waals surface area contributed by atoms with Crippen molar-refractivity contribution in [3.05, 3.63) is 30.0 Å². The maximum Gasteiger partial charge on any atom is 0.392 e. The molecular formula is C13H13F3N2O2. The van der Waals surface area contributed by atoms with Gasteiger partial charge in [0.2, 0.25) is 0 Å². The van der Waals surface area contributed by atoms with E-state index in [1.54, 1.807) is 17.8 Å². The number of rotatable bonds is 3. The van der Waals surface area contributed by atoms with Crippen LogP contribution in [-0.2, 0) is 11.8 Å². The third-order valence-electron chi connectivity index (χ3n) is 3.41. The second-order valence-electron chi connectivity index (χ2n) is 4.73. The molecule has 2 aromatic rings. The van der Waals surface area contributed by atoms with Gasteiger partial charge >= 0.3 is 12.1 Å². The van der Waals surface area contributed by atoms with Crippen molar-refractivity contribution in [3.63, 3.8) is 0 Å². The zero-order valence-corrected chi connectivity index (χ0v) is 10.8. The number of aliphatic carboxylic acids is 1. The Bertz CT molecular complexity index is 649. The summed E-state index contributed by atoms with van der Waals surface area (Å²) in [6, 6.07) is 4.44. The zero-order valence-electron chi connectivity index (χ0n) is 10.8. The van der Waals surface area contributed by atoms with E-state index in [4.69, 9.17) is 5.11 Å². The van der Waals surface area contributed by atoms with Crippen molar-refractivity contribution in [3.8, 4) is 0 Å². The van der Waals surface area contributed by atoms with Gasteiger partial charge in [-0.25, -0.2) is 0 Å². The molecule has 2 rings (SSSR count). The van der Waals surface area contributed by atoms with Gasteiger partial charge in [0.15, 0.2) is 0 Å². The van der Waals surface area contributed by atoms with Crippen LogP contribution < -0.4 is 0 Å². The Kier molecular flexibility index (Phi) is 3.45. The summed E-state index contributed by atoms with van der Waals surface area (Å²) in [5.41, 5.74) is 0.861. The van der Waals surface area contributed by atoms with Crippen molar-refractivity contribution < 1.29 is 23.1 Å². The van der Waals surface area contributed by atoms with Crippen molar-refractivity contribution in [2.45, 2.75) is 19.0 Å². The minimum atomic E-state index is -4.56. The second-order valence-corrected chi connectivity index (χ2v) is 4.73. The standard InChI is InChI=1S/C13H13F3N2O2/c1-7(13(14,15)16)11(12(19)20)8-3-4-10-9(5-8)6-17-18(10)2/h3-7,11H,1-2H3,(H,19,20)/t7-,11-/m1/s1. The summed E-state index contributed by atoms with van der Waals surface area (Å²) in [6.07, 6.45) is -3.07. The third-order valence-corrected chi connectivity index (χ3v) is 3.41. The Labute approximate surface area is 112 Å². The molecule has 7 heteroatoms. The summed E-state index contributed by atoms with van der Waals surface area (Å²) in [7, 11) is 1.70. The van der Waals surface area contributed by atoms with E-state index in [1.807, 2.05) is 0 Å². The summed E-state index contributed by atoms with van der Waals surface area (Å²) >= 11 is 0. The van der Waals surface area contributed by atoms with Crippen molar-refractivity contribution in [1.82, 2.24) is 9.78 Å². The number of benzene rings is 1. The molecule has 1 aromatic heterocycles. The van der Waals surface area contributed by atoms with Gasteiger partial charge in [-0.15, -0.1) is 0 Å². The first-order valence-electron chi connectivity index (χ1n) is 5.93. The highest BCUT2D eigenvalue weighted by Crippen LogP contribution is 2.38. The van der Waals surface area contributed by atoms with Gasteiger partial charge in [-0.05, 0) is 17.7 Å². The monoisotopic (exact) mass is 286 g/mol. The Morgan fingerprint density at radius 2 is 2.05 bits per heavy atom. The van der Waals surface area contributed by atoms with Crippen LogP contribution in [0.1, 0.15) is 18.4 Å². The third kappa shape index (κ3) is 2.48. The highest BCUT2D eigenvalue weighted by Gasteiger charge is 2.45. The minimum absolute atomic E-state index is 0.128. The van der Waals surface area contributed by atoms with Crippen LogP contribution in [0.15, 0.2) is 24.4 Å². The molecule has 20 heavy (non-hydrogen) atoms. The lowest BCUT2D eigenvalue weighted by atomic mass is 9.86. The highest BCUT2D eigenvalue weighted by molar-refractivity contribution is 5.83. The van der Waals surface area contributed by atoms with Gasteiger partial charge in [-0.1, -0.05) is 13.0 Å².